The molecule has 0 aliphatic heterocycles. The highest BCUT2D eigenvalue weighted by molar-refractivity contribution is 9.10. The SMILES string of the molecule is COc1ccc(Br)c(CSc2nnnn2CCO)c1. The van der Waals surface area contributed by atoms with Gasteiger partial charge in [-0.1, -0.05) is 27.7 Å². The molecule has 0 saturated heterocycles. The zero-order valence-corrected chi connectivity index (χ0v) is 12.7. The normalized spacial score (nSPS) is 10.7. The quantitative estimate of drug-likeness (QED) is 0.804. The summed E-state index contributed by atoms with van der Waals surface area (Å²) in [5.41, 5.74) is 1.10. The lowest BCUT2D eigenvalue weighted by molar-refractivity contribution is 0.262. The zero-order chi connectivity index (χ0) is 13.7. The van der Waals surface area contributed by atoms with Crippen LogP contribution in [0.5, 0.6) is 5.75 Å². The fourth-order valence-electron chi connectivity index (χ4n) is 1.47. The summed E-state index contributed by atoms with van der Waals surface area (Å²) < 4.78 is 7.80. The Labute approximate surface area is 123 Å². The highest BCUT2D eigenvalue weighted by Gasteiger charge is 2.09. The number of tetrazole rings is 1. The van der Waals surface area contributed by atoms with Crippen LogP contribution in [0.2, 0.25) is 0 Å². The molecule has 8 heteroatoms. The van der Waals surface area contributed by atoms with Crippen molar-refractivity contribution < 1.29 is 9.84 Å². The molecule has 0 aliphatic rings. The Kier molecular flexibility index (Phi) is 5.17. The third-order valence-electron chi connectivity index (χ3n) is 2.42. The maximum absolute atomic E-state index is 8.91. The average Bonchev–Trinajstić information content (AvgIpc) is 2.86. The Hall–Kier alpha value is -1.12. The minimum absolute atomic E-state index is 0.0153. The highest BCUT2D eigenvalue weighted by Crippen LogP contribution is 2.28. The van der Waals surface area contributed by atoms with E-state index in [0.717, 1.165) is 15.8 Å². The molecule has 0 bridgehead atoms. The maximum atomic E-state index is 8.91. The van der Waals surface area contributed by atoms with E-state index in [1.54, 1.807) is 11.8 Å². The molecule has 6 nitrogen and oxygen atoms in total. The van der Waals surface area contributed by atoms with Crippen LogP contribution in [0.3, 0.4) is 0 Å². The van der Waals surface area contributed by atoms with Crippen LogP contribution in [0.4, 0.5) is 0 Å². The van der Waals surface area contributed by atoms with E-state index in [-0.39, 0.29) is 6.61 Å². The van der Waals surface area contributed by atoms with E-state index in [9.17, 15) is 0 Å². The van der Waals surface area contributed by atoms with Crippen molar-refractivity contribution in [3.63, 3.8) is 0 Å². The van der Waals surface area contributed by atoms with Gasteiger partial charge < -0.3 is 9.84 Å². The summed E-state index contributed by atoms with van der Waals surface area (Å²) in [5, 5.41) is 20.9. The first kappa shape index (κ1) is 14.3. The van der Waals surface area contributed by atoms with Gasteiger partial charge in [-0.05, 0) is 34.2 Å². The fraction of sp³-hybridized carbons (Fsp3) is 0.364. The van der Waals surface area contributed by atoms with Gasteiger partial charge in [0.1, 0.15) is 5.75 Å². The molecule has 1 heterocycles. The zero-order valence-electron chi connectivity index (χ0n) is 10.3. The lowest BCUT2D eigenvalue weighted by atomic mass is 10.2. The minimum atomic E-state index is 0.0153. The van der Waals surface area contributed by atoms with Gasteiger partial charge in [0.05, 0.1) is 20.3 Å². The Balaban J connectivity index is 2.07. The van der Waals surface area contributed by atoms with E-state index in [1.165, 1.54) is 11.8 Å². The summed E-state index contributed by atoms with van der Waals surface area (Å²) in [6.45, 7) is 0.413. The van der Waals surface area contributed by atoms with Gasteiger partial charge >= 0.3 is 0 Å². The van der Waals surface area contributed by atoms with Crippen molar-refractivity contribution >= 4 is 27.7 Å². The standard InChI is InChI=1S/C11H13BrN4O2S/c1-18-9-2-3-10(12)8(6-9)7-19-11-13-14-15-16(11)4-5-17/h2-3,6,17H,4-5,7H2,1H3. The first-order chi connectivity index (χ1) is 9.24. The molecule has 1 aromatic carbocycles. The number of ether oxygens (including phenoxy) is 1. The van der Waals surface area contributed by atoms with Crippen LogP contribution in [0.1, 0.15) is 5.56 Å². The van der Waals surface area contributed by atoms with Gasteiger partial charge in [-0.3, -0.25) is 0 Å². The van der Waals surface area contributed by atoms with Crippen LogP contribution < -0.4 is 4.74 Å². The summed E-state index contributed by atoms with van der Waals surface area (Å²) in [6.07, 6.45) is 0. The number of nitrogens with zero attached hydrogens (tertiary/aromatic N) is 4. The largest absolute Gasteiger partial charge is 0.497 e. The van der Waals surface area contributed by atoms with Gasteiger partial charge in [-0.25, -0.2) is 4.68 Å². The molecule has 19 heavy (non-hydrogen) atoms. The third-order valence-corrected chi connectivity index (χ3v) is 4.20. The molecule has 102 valence electrons. The summed E-state index contributed by atoms with van der Waals surface area (Å²) in [4.78, 5) is 0. The predicted molar refractivity (Wildman–Crippen MR) is 75.2 cm³/mol. The van der Waals surface area contributed by atoms with Gasteiger partial charge in [-0.2, -0.15) is 0 Å². The van der Waals surface area contributed by atoms with E-state index in [4.69, 9.17) is 9.84 Å². The molecule has 2 aromatic rings. The molecule has 0 saturated carbocycles. The molecule has 0 unspecified atom stereocenters. The number of rotatable bonds is 6. The number of hydrogen-bond acceptors (Lipinski definition) is 6. The lowest BCUT2D eigenvalue weighted by Crippen LogP contribution is -2.05. The number of thioether (sulfide) groups is 1. The van der Waals surface area contributed by atoms with Crippen LogP contribution >= 0.6 is 27.7 Å². The van der Waals surface area contributed by atoms with E-state index in [2.05, 4.69) is 31.5 Å². The summed E-state index contributed by atoms with van der Waals surface area (Å²) in [7, 11) is 1.64. The number of hydrogen-bond donors (Lipinski definition) is 1. The second-order valence-electron chi connectivity index (χ2n) is 3.65. The Morgan fingerprint density at radius 1 is 1.47 bits per heavy atom. The lowest BCUT2D eigenvalue weighted by Gasteiger charge is -2.07. The van der Waals surface area contributed by atoms with Gasteiger partial charge in [-0.15, -0.1) is 5.10 Å². The van der Waals surface area contributed by atoms with Crippen LogP contribution in [-0.4, -0.2) is 39.0 Å². The molecule has 2 rings (SSSR count). The van der Waals surface area contributed by atoms with Crippen LogP contribution in [0.25, 0.3) is 0 Å². The first-order valence-corrected chi connectivity index (χ1v) is 7.34. The fourth-order valence-corrected chi connectivity index (χ4v) is 2.93. The van der Waals surface area contributed by atoms with Gasteiger partial charge in [0.25, 0.3) is 0 Å². The molecule has 1 aromatic heterocycles. The number of benzene rings is 1. The molecule has 0 aliphatic carbocycles. The van der Waals surface area contributed by atoms with E-state index >= 15 is 0 Å². The number of aromatic nitrogens is 4. The summed E-state index contributed by atoms with van der Waals surface area (Å²) >= 11 is 5.02. The molecule has 0 spiro atoms. The molecular weight excluding hydrogens is 332 g/mol. The average molecular weight is 345 g/mol. The van der Waals surface area contributed by atoms with Crippen molar-refractivity contribution in [3.05, 3.63) is 28.2 Å². The van der Waals surface area contributed by atoms with Crippen LogP contribution in [-0.2, 0) is 12.3 Å². The summed E-state index contributed by atoms with van der Waals surface area (Å²) in [5.74, 6) is 1.53. The van der Waals surface area contributed by atoms with Gasteiger partial charge in [0.15, 0.2) is 0 Å². The number of halogens is 1. The smallest absolute Gasteiger partial charge is 0.209 e. The van der Waals surface area contributed by atoms with Crippen molar-refractivity contribution in [3.8, 4) is 5.75 Å². The summed E-state index contributed by atoms with van der Waals surface area (Å²) in [6, 6.07) is 5.82. The maximum Gasteiger partial charge on any atom is 0.209 e. The van der Waals surface area contributed by atoms with Gasteiger partial charge in [0, 0.05) is 10.2 Å². The van der Waals surface area contributed by atoms with E-state index in [0.29, 0.717) is 17.5 Å². The number of aliphatic hydroxyl groups is 1. The van der Waals surface area contributed by atoms with Crippen LogP contribution in [0, 0.1) is 0 Å². The van der Waals surface area contributed by atoms with Gasteiger partial charge in [0.2, 0.25) is 5.16 Å². The second kappa shape index (κ2) is 6.88. The Morgan fingerprint density at radius 3 is 3.05 bits per heavy atom. The number of methoxy groups -OCH3 is 1. The minimum Gasteiger partial charge on any atom is -0.497 e. The molecule has 1 N–H and O–H groups in total. The molecule has 0 fully saturated rings. The third kappa shape index (κ3) is 3.68. The number of aliphatic hydroxyl groups excluding tert-OH is 1. The molecule has 0 atom stereocenters. The topological polar surface area (TPSA) is 73.1 Å². The molecular formula is C11H13BrN4O2S. The Bertz CT molecular complexity index is 549. The van der Waals surface area contributed by atoms with Crippen molar-refractivity contribution in [2.75, 3.05) is 13.7 Å². The van der Waals surface area contributed by atoms with Crippen molar-refractivity contribution in [1.82, 2.24) is 20.2 Å². The molecule has 0 amide bonds. The predicted octanol–water partition coefficient (Wildman–Crippen LogP) is 1.73. The van der Waals surface area contributed by atoms with E-state index < -0.39 is 0 Å². The van der Waals surface area contributed by atoms with Crippen molar-refractivity contribution in [1.29, 1.82) is 0 Å². The van der Waals surface area contributed by atoms with Crippen molar-refractivity contribution in [2.45, 2.75) is 17.5 Å². The Morgan fingerprint density at radius 2 is 2.32 bits per heavy atom. The molecule has 0 radical (unpaired) electrons. The first-order valence-electron chi connectivity index (χ1n) is 5.57. The second-order valence-corrected chi connectivity index (χ2v) is 5.45. The van der Waals surface area contributed by atoms with Crippen molar-refractivity contribution in [2.24, 2.45) is 0 Å². The monoisotopic (exact) mass is 344 g/mol. The highest BCUT2D eigenvalue weighted by atomic mass is 79.9. The van der Waals surface area contributed by atoms with Crippen LogP contribution in [0.15, 0.2) is 27.8 Å². The van der Waals surface area contributed by atoms with E-state index in [1.807, 2.05) is 18.2 Å².